The van der Waals surface area contributed by atoms with Gasteiger partial charge in [-0.05, 0) is 30.9 Å². The second-order valence-corrected chi connectivity index (χ2v) is 8.91. The number of aromatic nitrogens is 2. The van der Waals surface area contributed by atoms with Crippen LogP contribution in [0, 0.1) is 5.92 Å². The summed E-state index contributed by atoms with van der Waals surface area (Å²) in [4.78, 5) is 28.7. The Morgan fingerprint density at radius 3 is 2.61 bits per heavy atom. The number of methoxy groups -OCH3 is 1. The number of nitrogens with zero attached hydrogens (tertiary/aromatic N) is 3. The third-order valence-corrected chi connectivity index (χ3v) is 5.90. The molecule has 0 saturated carbocycles. The summed E-state index contributed by atoms with van der Waals surface area (Å²) in [7, 11) is 1.63. The Morgan fingerprint density at radius 1 is 1.18 bits per heavy atom. The van der Waals surface area contributed by atoms with Crippen molar-refractivity contribution >= 4 is 16.7 Å². The minimum absolute atomic E-state index is 0.0171. The third-order valence-electron chi connectivity index (χ3n) is 5.90. The molecule has 0 aliphatic carbocycles. The molecule has 1 aromatic heterocycles. The van der Waals surface area contributed by atoms with E-state index in [1.54, 1.807) is 24.1 Å². The Hall–Kier alpha value is -3.19. The van der Waals surface area contributed by atoms with Gasteiger partial charge in [0.15, 0.2) is 5.69 Å². The lowest BCUT2D eigenvalue weighted by Crippen LogP contribution is -2.39. The number of hydrogen-bond acceptors (Lipinski definition) is 5. The van der Waals surface area contributed by atoms with Crippen LogP contribution in [0.15, 0.2) is 53.3 Å². The summed E-state index contributed by atoms with van der Waals surface area (Å²) in [5.74, 6) is 0.728. The van der Waals surface area contributed by atoms with E-state index in [9.17, 15) is 9.59 Å². The molecule has 1 aliphatic rings. The van der Waals surface area contributed by atoms with Crippen LogP contribution in [-0.4, -0.2) is 47.0 Å². The van der Waals surface area contributed by atoms with Crippen LogP contribution in [0.1, 0.15) is 42.7 Å². The Bertz CT molecular complexity index is 1180. The molecule has 1 saturated heterocycles. The summed E-state index contributed by atoms with van der Waals surface area (Å²) in [6, 6.07) is 14.9. The Balaban J connectivity index is 1.78. The van der Waals surface area contributed by atoms with Crippen LogP contribution >= 0.6 is 0 Å². The average Bonchev–Trinajstić information content (AvgIpc) is 3.33. The molecule has 1 atom stereocenters. The summed E-state index contributed by atoms with van der Waals surface area (Å²) < 4.78 is 12.8. The van der Waals surface area contributed by atoms with Gasteiger partial charge in [-0.3, -0.25) is 9.59 Å². The highest BCUT2D eigenvalue weighted by Gasteiger charge is 2.27. The fraction of sp³-hybridized carbons (Fsp3) is 0.423. The molecule has 0 radical (unpaired) electrons. The molecule has 4 rings (SSSR count). The lowest BCUT2D eigenvalue weighted by atomic mass is 10.1. The summed E-state index contributed by atoms with van der Waals surface area (Å²) in [6.45, 7) is 6.02. The number of rotatable bonds is 8. The van der Waals surface area contributed by atoms with Crippen molar-refractivity contribution in [2.24, 2.45) is 5.92 Å². The minimum Gasteiger partial charge on any atom is -0.496 e. The molecular formula is C26H31N3O4. The zero-order valence-corrected chi connectivity index (χ0v) is 19.5. The molecule has 1 unspecified atom stereocenters. The minimum atomic E-state index is -0.217. The van der Waals surface area contributed by atoms with Crippen molar-refractivity contribution < 1.29 is 14.3 Å². The van der Waals surface area contributed by atoms with Crippen LogP contribution in [0.25, 0.3) is 10.8 Å². The van der Waals surface area contributed by atoms with Crippen molar-refractivity contribution in [2.45, 2.75) is 45.9 Å². The predicted octanol–water partition coefficient (Wildman–Crippen LogP) is 3.88. The molecule has 174 valence electrons. The fourth-order valence-corrected chi connectivity index (χ4v) is 4.31. The first-order chi connectivity index (χ1) is 16.0. The Kier molecular flexibility index (Phi) is 7.08. The molecule has 0 N–H and O–H groups in total. The maximum absolute atomic E-state index is 14.0. The topological polar surface area (TPSA) is 73.7 Å². The average molecular weight is 450 g/mol. The highest BCUT2D eigenvalue weighted by Crippen LogP contribution is 2.24. The summed E-state index contributed by atoms with van der Waals surface area (Å²) >= 11 is 0. The Labute approximate surface area is 193 Å². The van der Waals surface area contributed by atoms with Crippen molar-refractivity contribution in [1.82, 2.24) is 14.7 Å². The smallest absolute Gasteiger partial charge is 0.275 e. The second-order valence-electron chi connectivity index (χ2n) is 8.91. The number of hydrogen-bond donors (Lipinski definition) is 0. The van der Waals surface area contributed by atoms with Crippen LogP contribution in [0.4, 0.5) is 0 Å². The monoisotopic (exact) mass is 449 g/mol. The normalized spacial score (nSPS) is 15.8. The SMILES string of the molecule is COc1ccccc1CN(CC1CCCO1)C(=O)c1nn(CC(C)C)c(=O)c2ccccc12. The molecule has 7 heteroatoms. The maximum atomic E-state index is 14.0. The van der Waals surface area contributed by atoms with Gasteiger partial charge in [-0.2, -0.15) is 5.10 Å². The van der Waals surface area contributed by atoms with Crippen molar-refractivity contribution in [3.63, 3.8) is 0 Å². The molecule has 2 aromatic carbocycles. The van der Waals surface area contributed by atoms with Gasteiger partial charge in [-0.1, -0.05) is 50.2 Å². The van der Waals surface area contributed by atoms with E-state index in [4.69, 9.17) is 9.47 Å². The number of fused-ring (bicyclic) bond motifs is 1. The van der Waals surface area contributed by atoms with Crippen molar-refractivity contribution in [1.29, 1.82) is 0 Å². The van der Waals surface area contributed by atoms with Gasteiger partial charge in [0.25, 0.3) is 11.5 Å². The zero-order chi connectivity index (χ0) is 23.4. The highest BCUT2D eigenvalue weighted by atomic mass is 16.5. The summed E-state index contributed by atoms with van der Waals surface area (Å²) in [6.07, 6.45) is 1.88. The van der Waals surface area contributed by atoms with E-state index in [-0.39, 0.29) is 23.5 Å². The molecule has 1 aliphatic heterocycles. The number of carbonyl (C=O) groups is 1. The third kappa shape index (κ3) is 5.09. The number of benzene rings is 2. The molecule has 2 heterocycles. The molecule has 33 heavy (non-hydrogen) atoms. The predicted molar refractivity (Wildman–Crippen MR) is 128 cm³/mol. The fourth-order valence-electron chi connectivity index (χ4n) is 4.31. The number of amides is 1. The van der Waals surface area contributed by atoms with Crippen LogP contribution < -0.4 is 10.3 Å². The molecule has 7 nitrogen and oxygen atoms in total. The van der Waals surface area contributed by atoms with Crippen LogP contribution in [0.2, 0.25) is 0 Å². The molecule has 1 fully saturated rings. The van der Waals surface area contributed by atoms with Gasteiger partial charge >= 0.3 is 0 Å². The van der Waals surface area contributed by atoms with Gasteiger partial charge in [-0.15, -0.1) is 0 Å². The van der Waals surface area contributed by atoms with Gasteiger partial charge in [-0.25, -0.2) is 4.68 Å². The van der Waals surface area contributed by atoms with E-state index in [0.717, 1.165) is 24.2 Å². The van der Waals surface area contributed by atoms with Gasteiger partial charge in [0.2, 0.25) is 0 Å². The van der Waals surface area contributed by atoms with E-state index in [0.29, 0.717) is 42.7 Å². The first-order valence-corrected chi connectivity index (χ1v) is 11.5. The van der Waals surface area contributed by atoms with Crippen molar-refractivity contribution in [3.05, 3.63) is 70.1 Å². The first kappa shape index (κ1) is 23.0. The van der Waals surface area contributed by atoms with Gasteiger partial charge < -0.3 is 14.4 Å². The maximum Gasteiger partial charge on any atom is 0.275 e. The van der Waals surface area contributed by atoms with Gasteiger partial charge in [0.05, 0.1) is 18.6 Å². The van der Waals surface area contributed by atoms with Crippen molar-refractivity contribution in [3.8, 4) is 5.75 Å². The van der Waals surface area contributed by atoms with Crippen LogP contribution in [0.3, 0.4) is 0 Å². The second kappa shape index (κ2) is 10.2. The summed E-state index contributed by atoms with van der Waals surface area (Å²) in [5, 5.41) is 5.64. The van der Waals surface area contributed by atoms with Crippen LogP contribution in [0.5, 0.6) is 5.75 Å². The van der Waals surface area contributed by atoms with E-state index in [1.165, 1.54) is 4.68 Å². The van der Waals surface area contributed by atoms with E-state index >= 15 is 0 Å². The van der Waals surface area contributed by atoms with Crippen LogP contribution in [-0.2, 0) is 17.8 Å². The number of carbonyl (C=O) groups excluding carboxylic acids is 1. The molecule has 3 aromatic rings. The number of ether oxygens (including phenoxy) is 2. The van der Waals surface area contributed by atoms with Gasteiger partial charge in [0, 0.05) is 37.2 Å². The van der Waals surface area contributed by atoms with Gasteiger partial charge in [0.1, 0.15) is 5.75 Å². The van der Waals surface area contributed by atoms with E-state index < -0.39 is 0 Å². The Morgan fingerprint density at radius 2 is 1.91 bits per heavy atom. The highest BCUT2D eigenvalue weighted by molar-refractivity contribution is 6.04. The zero-order valence-electron chi connectivity index (χ0n) is 19.5. The van der Waals surface area contributed by atoms with E-state index in [1.807, 2.05) is 50.2 Å². The molecule has 0 bridgehead atoms. The quantitative estimate of drug-likeness (QED) is 0.522. The molecule has 0 spiro atoms. The van der Waals surface area contributed by atoms with E-state index in [2.05, 4.69) is 5.10 Å². The molecule has 1 amide bonds. The lowest BCUT2D eigenvalue weighted by Gasteiger charge is -2.26. The lowest BCUT2D eigenvalue weighted by molar-refractivity contribution is 0.0501. The first-order valence-electron chi connectivity index (χ1n) is 11.5. The summed E-state index contributed by atoms with van der Waals surface area (Å²) in [5.41, 5.74) is 1.02. The largest absolute Gasteiger partial charge is 0.496 e. The molecular weight excluding hydrogens is 418 g/mol. The number of para-hydroxylation sites is 1. The standard InChI is InChI=1S/C26H31N3O4/c1-18(2)15-29-25(30)22-12-6-5-11-21(22)24(27-29)26(31)28(17-20-10-8-14-33-20)16-19-9-4-7-13-23(19)32-3/h4-7,9,11-13,18,20H,8,10,14-17H2,1-3H3. The van der Waals surface area contributed by atoms with Crippen molar-refractivity contribution in [2.75, 3.05) is 20.3 Å².